The summed E-state index contributed by atoms with van der Waals surface area (Å²) in [5.74, 6) is 0.339. The van der Waals surface area contributed by atoms with Crippen LogP contribution in [0.1, 0.15) is 12.0 Å². The Balaban J connectivity index is 2.02. The van der Waals surface area contributed by atoms with Gasteiger partial charge >= 0.3 is 0 Å². The highest BCUT2D eigenvalue weighted by atomic mass is 16.3. The van der Waals surface area contributed by atoms with Crippen LogP contribution in [-0.4, -0.2) is 11.0 Å². The van der Waals surface area contributed by atoms with Gasteiger partial charge in [-0.05, 0) is 47.4 Å². The first-order valence-electron chi connectivity index (χ1n) is 5.94. The number of nitrogens with one attached hydrogen (secondary N) is 1. The molecule has 0 spiro atoms. The average Bonchev–Trinajstić information content (AvgIpc) is 2.38. The van der Waals surface area contributed by atoms with Crippen molar-refractivity contribution in [1.29, 1.82) is 0 Å². The van der Waals surface area contributed by atoms with E-state index in [4.69, 9.17) is 0 Å². The molecule has 0 radical (unpaired) electrons. The Labute approximate surface area is 105 Å². The molecule has 0 unspecified atom stereocenters. The van der Waals surface area contributed by atoms with Gasteiger partial charge in [-0.25, -0.2) is 0 Å². The van der Waals surface area contributed by atoms with Crippen molar-refractivity contribution in [3.8, 4) is 16.9 Å². The molecule has 0 bridgehead atoms. The van der Waals surface area contributed by atoms with Crippen LogP contribution in [0.25, 0.3) is 11.1 Å². The second-order valence-electron chi connectivity index (χ2n) is 4.47. The predicted molar refractivity (Wildman–Crippen MR) is 70.5 cm³/mol. The van der Waals surface area contributed by atoms with Crippen LogP contribution >= 0.6 is 0 Å². The molecule has 2 aromatic rings. The molecule has 0 saturated carbocycles. The van der Waals surface area contributed by atoms with E-state index >= 15 is 0 Å². The van der Waals surface area contributed by atoms with E-state index in [9.17, 15) is 9.90 Å². The summed E-state index contributed by atoms with van der Waals surface area (Å²) in [6, 6.07) is 13.1. The minimum Gasteiger partial charge on any atom is -0.508 e. The van der Waals surface area contributed by atoms with E-state index in [0.717, 1.165) is 28.8 Å². The highest BCUT2D eigenvalue weighted by Crippen LogP contribution is 2.29. The lowest BCUT2D eigenvalue weighted by Crippen LogP contribution is -2.18. The number of benzene rings is 2. The third kappa shape index (κ3) is 1.95. The summed E-state index contributed by atoms with van der Waals surface area (Å²) in [4.78, 5) is 11.3. The molecule has 3 heteroatoms. The number of amides is 1. The molecule has 2 aromatic carbocycles. The molecular formula is C15H13NO2. The van der Waals surface area contributed by atoms with Crippen LogP contribution in [-0.2, 0) is 11.2 Å². The fraction of sp³-hybridized carbons (Fsp3) is 0.133. The molecule has 1 aliphatic rings. The summed E-state index contributed by atoms with van der Waals surface area (Å²) in [5, 5.41) is 12.4. The van der Waals surface area contributed by atoms with E-state index in [1.54, 1.807) is 12.1 Å². The highest BCUT2D eigenvalue weighted by molar-refractivity contribution is 5.94. The van der Waals surface area contributed by atoms with E-state index < -0.39 is 0 Å². The van der Waals surface area contributed by atoms with Crippen molar-refractivity contribution in [2.75, 3.05) is 5.32 Å². The van der Waals surface area contributed by atoms with Gasteiger partial charge < -0.3 is 10.4 Å². The Hall–Kier alpha value is -2.29. The monoisotopic (exact) mass is 239 g/mol. The summed E-state index contributed by atoms with van der Waals surface area (Å²) in [7, 11) is 0. The summed E-state index contributed by atoms with van der Waals surface area (Å²) < 4.78 is 0. The standard InChI is InChI=1S/C15H13NO2/c17-13-3-1-2-10(9-13)11-4-6-14-12(8-11)5-7-15(18)16-14/h1-4,6,8-9,17H,5,7H2,(H,16,18). The number of aryl methyl sites for hydroxylation is 1. The Morgan fingerprint density at radius 3 is 2.67 bits per heavy atom. The minimum absolute atomic E-state index is 0.0765. The molecule has 18 heavy (non-hydrogen) atoms. The molecule has 1 heterocycles. The summed E-state index contributed by atoms with van der Waals surface area (Å²) in [6.45, 7) is 0. The van der Waals surface area contributed by atoms with Crippen LogP contribution in [0.4, 0.5) is 5.69 Å². The van der Waals surface area contributed by atoms with Gasteiger partial charge in [-0.3, -0.25) is 4.79 Å². The molecule has 1 aliphatic heterocycles. The number of anilines is 1. The van der Waals surface area contributed by atoms with Crippen LogP contribution < -0.4 is 5.32 Å². The quantitative estimate of drug-likeness (QED) is 0.803. The van der Waals surface area contributed by atoms with E-state index in [0.29, 0.717) is 6.42 Å². The lowest BCUT2D eigenvalue weighted by atomic mass is 9.97. The number of hydrogen-bond acceptors (Lipinski definition) is 2. The first-order valence-corrected chi connectivity index (χ1v) is 5.94. The molecule has 0 fully saturated rings. The Morgan fingerprint density at radius 1 is 1.00 bits per heavy atom. The van der Waals surface area contributed by atoms with Crippen LogP contribution in [0.3, 0.4) is 0 Å². The largest absolute Gasteiger partial charge is 0.508 e. The van der Waals surface area contributed by atoms with Crippen LogP contribution in [0.2, 0.25) is 0 Å². The summed E-state index contributed by atoms with van der Waals surface area (Å²) in [6.07, 6.45) is 1.31. The van der Waals surface area contributed by atoms with Crippen molar-refractivity contribution in [3.63, 3.8) is 0 Å². The zero-order valence-electron chi connectivity index (χ0n) is 9.81. The van der Waals surface area contributed by atoms with Gasteiger partial charge in [-0.1, -0.05) is 18.2 Å². The van der Waals surface area contributed by atoms with Crippen molar-refractivity contribution in [2.45, 2.75) is 12.8 Å². The van der Waals surface area contributed by atoms with Gasteiger partial charge in [-0.15, -0.1) is 0 Å². The molecule has 3 nitrogen and oxygen atoms in total. The summed E-state index contributed by atoms with van der Waals surface area (Å²) in [5.41, 5.74) is 4.08. The molecular weight excluding hydrogens is 226 g/mol. The number of carbonyl (C=O) groups is 1. The lowest BCUT2D eigenvalue weighted by molar-refractivity contribution is -0.116. The second-order valence-corrected chi connectivity index (χ2v) is 4.47. The van der Waals surface area contributed by atoms with Crippen molar-refractivity contribution >= 4 is 11.6 Å². The number of phenols is 1. The van der Waals surface area contributed by atoms with Gasteiger partial charge in [0.25, 0.3) is 0 Å². The SMILES string of the molecule is O=C1CCc2cc(-c3cccc(O)c3)ccc2N1. The molecule has 0 aromatic heterocycles. The topological polar surface area (TPSA) is 49.3 Å². The third-order valence-electron chi connectivity index (χ3n) is 3.18. The zero-order valence-corrected chi connectivity index (χ0v) is 9.81. The van der Waals surface area contributed by atoms with Crippen LogP contribution in [0.5, 0.6) is 5.75 Å². The molecule has 1 amide bonds. The third-order valence-corrected chi connectivity index (χ3v) is 3.18. The van der Waals surface area contributed by atoms with Gasteiger partial charge in [0.1, 0.15) is 5.75 Å². The average molecular weight is 239 g/mol. The fourth-order valence-corrected chi connectivity index (χ4v) is 2.25. The number of aromatic hydroxyl groups is 1. The van der Waals surface area contributed by atoms with Crippen LogP contribution in [0.15, 0.2) is 42.5 Å². The Bertz CT molecular complexity index is 620. The van der Waals surface area contributed by atoms with Crippen molar-refractivity contribution in [3.05, 3.63) is 48.0 Å². The van der Waals surface area contributed by atoms with Gasteiger partial charge in [0.05, 0.1) is 0 Å². The van der Waals surface area contributed by atoms with E-state index in [1.807, 2.05) is 24.3 Å². The predicted octanol–water partition coefficient (Wildman–Crippen LogP) is 2.94. The van der Waals surface area contributed by atoms with E-state index in [-0.39, 0.29) is 11.7 Å². The molecule has 2 N–H and O–H groups in total. The smallest absolute Gasteiger partial charge is 0.224 e. The first kappa shape index (κ1) is 10.8. The van der Waals surface area contributed by atoms with Gasteiger partial charge in [0.2, 0.25) is 5.91 Å². The summed E-state index contributed by atoms with van der Waals surface area (Å²) >= 11 is 0. The second kappa shape index (κ2) is 4.18. The molecule has 90 valence electrons. The minimum atomic E-state index is 0.0765. The zero-order chi connectivity index (χ0) is 12.5. The van der Waals surface area contributed by atoms with Gasteiger partial charge in [0.15, 0.2) is 0 Å². The Morgan fingerprint density at radius 2 is 1.83 bits per heavy atom. The number of phenolic OH excluding ortho intramolecular Hbond substituents is 1. The maximum Gasteiger partial charge on any atom is 0.224 e. The van der Waals surface area contributed by atoms with Gasteiger partial charge in [0, 0.05) is 12.1 Å². The molecule has 0 saturated heterocycles. The number of hydrogen-bond donors (Lipinski definition) is 2. The first-order chi connectivity index (χ1) is 8.72. The van der Waals surface area contributed by atoms with Crippen LogP contribution in [0, 0.1) is 0 Å². The van der Waals surface area contributed by atoms with Crippen molar-refractivity contribution in [1.82, 2.24) is 0 Å². The number of carbonyl (C=O) groups excluding carboxylic acids is 1. The normalized spacial score (nSPS) is 13.9. The highest BCUT2D eigenvalue weighted by Gasteiger charge is 2.14. The molecule has 0 atom stereocenters. The Kier molecular flexibility index (Phi) is 2.52. The van der Waals surface area contributed by atoms with E-state index in [2.05, 4.69) is 11.4 Å². The number of fused-ring (bicyclic) bond motifs is 1. The fourth-order valence-electron chi connectivity index (χ4n) is 2.25. The lowest BCUT2D eigenvalue weighted by Gasteiger charge is -2.17. The maximum atomic E-state index is 11.3. The van der Waals surface area contributed by atoms with Gasteiger partial charge in [-0.2, -0.15) is 0 Å². The number of rotatable bonds is 1. The maximum absolute atomic E-state index is 11.3. The molecule has 3 rings (SSSR count). The van der Waals surface area contributed by atoms with E-state index in [1.165, 1.54) is 0 Å². The van der Waals surface area contributed by atoms with Crippen molar-refractivity contribution < 1.29 is 9.90 Å². The molecule has 0 aliphatic carbocycles. The van der Waals surface area contributed by atoms with Crippen molar-refractivity contribution in [2.24, 2.45) is 0 Å².